The zero-order valence-corrected chi connectivity index (χ0v) is 33.5. The van der Waals surface area contributed by atoms with Crippen LogP contribution in [0.1, 0.15) is 106 Å². The third-order valence-corrected chi connectivity index (χ3v) is 16.8. The Hall–Kier alpha value is -2.31. The quantitative estimate of drug-likeness (QED) is 0.128. The molecule has 1 heterocycles. The Morgan fingerprint density at radius 3 is 1.55 bits per heavy atom. The summed E-state index contributed by atoms with van der Waals surface area (Å²) < 4.78 is 16.6. The van der Waals surface area contributed by atoms with Gasteiger partial charge >= 0.3 is 8.16 Å². The second-order valence-electron chi connectivity index (χ2n) is 15.3. The van der Waals surface area contributed by atoms with Gasteiger partial charge in [0, 0.05) is 40.9 Å². The first-order valence-corrected chi connectivity index (χ1v) is 22.3. The van der Waals surface area contributed by atoms with E-state index in [1.165, 1.54) is 134 Å². The molecule has 0 bridgehead atoms. The minimum atomic E-state index is -1.32. The van der Waals surface area contributed by atoms with Crippen LogP contribution in [0.2, 0.25) is 0 Å². The van der Waals surface area contributed by atoms with Crippen molar-refractivity contribution >= 4 is 48.6 Å². The maximum absolute atomic E-state index is 7.08. The van der Waals surface area contributed by atoms with E-state index in [0.29, 0.717) is 17.6 Å². The van der Waals surface area contributed by atoms with Crippen LogP contribution < -0.4 is 15.3 Å². The number of benzene rings is 4. The molecule has 3 nitrogen and oxygen atoms in total. The molecule has 3 atom stereocenters. The van der Waals surface area contributed by atoms with Gasteiger partial charge in [0.25, 0.3) is 0 Å². The van der Waals surface area contributed by atoms with Crippen LogP contribution in [-0.2, 0) is 42.8 Å². The predicted octanol–water partition coefficient (Wildman–Crippen LogP) is 12.3. The monoisotopic (exact) mass is 759 g/mol. The minimum absolute atomic E-state index is 0. The maximum Gasteiger partial charge on any atom is 0.309 e. The molecule has 4 aliphatic carbocycles. The number of fused-ring (bicyclic) bond motifs is 7. The van der Waals surface area contributed by atoms with Crippen molar-refractivity contribution in [2.24, 2.45) is 5.92 Å². The third kappa shape index (κ3) is 7.84. The largest absolute Gasteiger partial charge is 0.408 e. The van der Waals surface area contributed by atoms with Crippen LogP contribution in [0.4, 0.5) is 0 Å². The van der Waals surface area contributed by atoms with E-state index in [1.54, 1.807) is 0 Å². The van der Waals surface area contributed by atoms with Gasteiger partial charge in [-0.25, -0.2) is 4.67 Å². The Balaban J connectivity index is 0.000000625. The van der Waals surface area contributed by atoms with Crippen LogP contribution in [0.15, 0.2) is 93.3 Å². The van der Waals surface area contributed by atoms with Gasteiger partial charge in [-0.05, 0) is 136 Å². The maximum atomic E-state index is 7.08. The zero-order chi connectivity index (χ0) is 33.9. The van der Waals surface area contributed by atoms with Crippen LogP contribution >= 0.6 is 16.1 Å². The number of hydrogen-bond acceptors (Lipinski definition) is 3. The summed E-state index contributed by atoms with van der Waals surface area (Å²) in [6.07, 6.45) is 21.0. The Morgan fingerprint density at radius 1 is 0.588 bits per heavy atom. The second kappa shape index (κ2) is 17.2. The Kier molecular flexibility index (Phi) is 12.5. The summed E-state index contributed by atoms with van der Waals surface area (Å²) >= 11 is 0. The van der Waals surface area contributed by atoms with Crippen LogP contribution in [0.3, 0.4) is 0 Å². The molecule has 6 heteroatoms. The number of hydrogen-bond donors (Lipinski definition) is 0. The van der Waals surface area contributed by atoms with Crippen LogP contribution in [0, 0.1) is 5.92 Å². The fourth-order valence-electron chi connectivity index (χ4n) is 9.50. The van der Waals surface area contributed by atoms with Gasteiger partial charge in [0.05, 0.1) is 0 Å². The molecule has 270 valence electrons. The molecular formula is C45H55FeNO2P2. The normalized spacial score (nSPS) is 20.4. The third-order valence-electron chi connectivity index (χ3n) is 12.2. The molecule has 51 heavy (non-hydrogen) atoms. The van der Waals surface area contributed by atoms with E-state index in [-0.39, 0.29) is 17.1 Å². The van der Waals surface area contributed by atoms with E-state index >= 15 is 0 Å². The average molecular weight is 760 g/mol. The fourth-order valence-corrected chi connectivity index (χ4v) is 14.2. The predicted molar refractivity (Wildman–Crippen MR) is 216 cm³/mol. The van der Waals surface area contributed by atoms with Gasteiger partial charge in [-0.3, -0.25) is 0 Å². The molecule has 5 aromatic rings. The number of aryl methyl sites for hydroxylation is 4. The van der Waals surface area contributed by atoms with Gasteiger partial charge in [-0.1, -0.05) is 111 Å². The molecule has 2 unspecified atom stereocenters. The summed E-state index contributed by atoms with van der Waals surface area (Å²) in [4.78, 5) is 0. The number of nitrogens with zero attached hydrogens (tertiary/aromatic N) is 1. The van der Waals surface area contributed by atoms with Crippen LogP contribution in [0.25, 0.3) is 21.9 Å². The first kappa shape index (κ1) is 37.0. The van der Waals surface area contributed by atoms with Gasteiger partial charge in [0.1, 0.15) is 11.2 Å². The van der Waals surface area contributed by atoms with Crippen molar-refractivity contribution in [3.05, 3.63) is 107 Å². The number of rotatable bonds is 6. The molecule has 0 spiro atoms. The van der Waals surface area contributed by atoms with Crippen molar-refractivity contribution in [2.75, 3.05) is 11.7 Å². The van der Waals surface area contributed by atoms with Crippen molar-refractivity contribution in [3.8, 4) is 0 Å². The van der Waals surface area contributed by atoms with E-state index < -0.39 is 16.1 Å². The van der Waals surface area contributed by atoms with Crippen LogP contribution in [-0.4, -0.2) is 18.7 Å². The first-order chi connectivity index (χ1) is 24.7. The van der Waals surface area contributed by atoms with Crippen molar-refractivity contribution in [3.63, 3.8) is 0 Å². The topological polar surface area (TPSA) is 29.5 Å². The summed E-state index contributed by atoms with van der Waals surface area (Å²) in [7, 11) is 0.475. The van der Waals surface area contributed by atoms with Gasteiger partial charge in [0.2, 0.25) is 0 Å². The molecule has 0 amide bonds. The molecule has 2 saturated carbocycles. The minimum Gasteiger partial charge on any atom is -0.408 e. The van der Waals surface area contributed by atoms with Crippen molar-refractivity contribution in [1.29, 1.82) is 0 Å². The van der Waals surface area contributed by atoms with E-state index in [1.807, 2.05) is 0 Å². The summed E-state index contributed by atoms with van der Waals surface area (Å²) in [6, 6.07) is 32.2. The molecule has 0 radical (unpaired) electrons. The molecular weight excluding hydrogens is 704 g/mol. The summed E-state index contributed by atoms with van der Waals surface area (Å²) in [6.45, 7) is 2.44. The molecule has 4 aromatic carbocycles. The van der Waals surface area contributed by atoms with Crippen molar-refractivity contribution in [1.82, 2.24) is 0 Å². The molecule has 4 aliphatic rings. The fraction of sp³-hybridized carbons (Fsp3) is 0.467. The molecule has 2 fully saturated rings. The van der Waals surface area contributed by atoms with E-state index in [9.17, 15) is 0 Å². The summed E-state index contributed by atoms with van der Waals surface area (Å²) in [5.74, 6) is 0.575. The van der Waals surface area contributed by atoms with E-state index in [0.717, 1.165) is 24.0 Å². The molecule has 0 saturated heterocycles. The Bertz CT molecular complexity index is 1820. The smallest absolute Gasteiger partial charge is 0.309 e. The standard InChI is InChI=1S/C40H45NO2P2.C5H10.Fe/c1-28(33-22-13-23-38(33)44(31-16-5-3-6-17-31)32-18-7-4-8-19-32)41(2)45-42-36-26-24-29-14-9-11-20-34(29)39(36)40-35-21-12-10-15-30(35)25-27-37(40)43-45;1-2-4-5-3-1;/h3-8,16-19,24-28,33,38H,9-15,20-23H2,1-2H3;1-5H2;/t28-,33?,38?;;/m1../s1. The summed E-state index contributed by atoms with van der Waals surface area (Å²) in [5, 5.41) is 5.69. The van der Waals surface area contributed by atoms with Crippen molar-refractivity contribution in [2.45, 2.75) is 121 Å². The molecule has 0 aliphatic heterocycles. The molecule has 0 N–H and O–H groups in total. The Morgan fingerprint density at radius 2 is 1.06 bits per heavy atom. The van der Waals surface area contributed by atoms with Gasteiger partial charge in [-0.2, -0.15) is 0 Å². The Labute approximate surface area is 318 Å². The van der Waals surface area contributed by atoms with E-state index in [2.05, 4.69) is 104 Å². The van der Waals surface area contributed by atoms with Gasteiger partial charge < -0.3 is 8.39 Å². The SMILES string of the molecule is C1CCCC1.C[C@H](C1CCCC1P(c1ccccc1)c1ccccc1)N(C)p1oc2ccc3c(c2c2c4c(ccc2o1)CCCC4)CCCC3.[Fe]. The zero-order valence-electron chi connectivity index (χ0n) is 30.6. The average Bonchev–Trinajstić information content (AvgIpc) is 3.89. The second-order valence-corrected chi connectivity index (χ2v) is 19.2. The van der Waals surface area contributed by atoms with Gasteiger partial charge in [-0.15, -0.1) is 0 Å². The van der Waals surface area contributed by atoms with Crippen LogP contribution in [0.5, 0.6) is 0 Å². The molecule has 1 aromatic heterocycles. The van der Waals surface area contributed by atoms with Crippen molar-refractivity contribution < 1.29 is 25.5 Å². The van der Waals surface area contributed by atoms with Gasteiger partial charge in [0.15, 0.2) is 0 Å². The van der Waals surface area contributed by atoms with E-state index in [4.69, 9.17) is 8.39 Å². The molecule has 9 rings (SSSR count). The summed E-state index contributed by atoms with van der Waals surface area (Å²) in [5.41, 5.74) is 8.77. The first-order valence-electron chi connectivity index (χ1n) is 19.8.